The zero-order valence-corrected chi connectivity index (χ0v) is 11.7. The molecule has 2 rings (SSSR count). The van der Waals surface area contributed by atoms with Crippen molar-refractivity contribution in [3.05, 3.63) is 29.2 Å². The van der Waals surface area contributed by atoms with Crippen molar-refractivity contribution in [3.8, 4) is 0 Å². The molecule has 2 aromatic heterocycles. The lowest BCUT2D eigenvalue weighted by Gasteiger charge is -2.10. The van der Waals surface area contributed by atoms with Gasteiger partial charge in [0, 0.05) is 13.1 Å². The Morgan fingerprint density at radius 2 is 1.81 bits per heavy atom. The van der Waals surface area contributed by atoms with Crippen LogP contribution in [0.3, 0.4) is 0 Å². The molecule has 0 aliphatic heterocycles. The fraction of sp³-hybridized carbons (Fsp3) is 0.417. The van der Waals surface area contributed by atoms with Crippen molar-refractivity contribution in [2.75, 3.05) is 17.7 Å². The average molecular weight is 301 g/mol. The van der Waals surface area contributed by atoms with E-state index >= 15 is 0 Å². The van der Waals surface area contributed by atoms with E-state index in [0.717, 1.165) is 5.69 Å². The molecular formula is C12H14F3N5O. The van der Waals surface area contributed by atoms with E-state index in [-0.39, 0.29) is 18.2 Å². The van der Waals surface area contributed by atoms with Crippen LogP contribution < -0.4 is 10.6 Å². The van der Waals surface area contributed by atoms with Crippen molar-refractivity contribution in [2.24, 2.45) is 0 Å². The van der Waals surface area contributed by atoms with Crippen LogP contribution in [0.4, 0.5) is 24.8 Å². The molecule has 0 fully saturated rings. The van der Waals surface area contributed by atoms with Gasteiger partial charge in [-0.05, 0) is 13.8 Å². The van der Waals surface area contributed by atoms with E-state index in [0.29, 0.717) is 11.7 Å². The van der Waals surface area contributed by atoms with Gasteiger partial charge in [-0.1, -0.05) is 0 Å². The van der Waals surface area contributed by atoms with Crippen molar-refractivity contribution in [1.82, 2.24) is 15.0 Å². The molecule has 0 amide bonds. The Hall–Kier alpha value is -2.32. The third-order valence-corrected chi connectivity index (χ3v) is 2.73. The number of nitrogens with zero attached hydrogens (tertiary/aromatic N) is 3. The molecule has 0 spiro atoms. The third kappa shape index (κ3) is 3.61. The number of oxazole rings is 1. The molecule has 0 radical (unpaired) electrons. The number of hydrogen-bond acceptors (Lipinski definition) is 6. The minimum Gasteiger partial charge on any atom is -0.444 e. The predicted octanol–water partition coefficient (Wildman–Crippen LogP) is 2.75. The molecule has 0 aliphatic carbocycles. The molecule has 2 heterocycles. The highest BCUT2D eigenvalue weighted by Crippen LogP contribution is 2.28. The lowest BCUT2D eigenvalue weighted by Crippen LogP contribution is -2.14. The van der Waals surface area contributed by atoms with Gasteiger partial charge >= 0.3 is 6.18 Å². The molecular weight excluding hydrogens is 287 g/mol. The summed E-state index contributed by atoms with van der Waals surface area (Å²) in [6, 6.07) is 1.37. The van der Waals surface area contributed by atoms with Gasteiger partial charge in [-0.2, -0.15) is 13.2 Å². The Balaban J connectivity index is 2.19. The number of aryl methyl sites for hydroxylation is 2. The zero-order chi connectivity index (χ0) is 15.6. The Kier molecular flexibility index (Phi) is 4.01. The highest BCUT2D eigenvalue weighted by atomic mass is 19.4. The van der Waals surface area contributed by atoms with Crippen LogP contribution in [0.15, 0.2) is 10.5 Å². The summed E-state index contributed by atoms with van der Waals surface area (Å²) < 4.78 is 43.4. The lowest BCUT2D eigenvalue weighted by molar-refractivity contribution is -0.144. The second kappa shape index (κ2) is 5.58. The van der Waals surface area contributed by atoms with E-state index in [4.69, 9.17) is 4.42 Å². The normalized spacial score (nSPS) is 11.5. The molecule has 9 heteroatoms. The summed E-state index contributed by atoms with van der Waals surface area (Å²) in [6.45, 7) is 3.68. The number of halogens is 3. The van der Waals surface area contributed by atoms with Gasteiger partial charge in [0.25, 0.3) is 0 Å². The van der Waals surface area contributed by atoms with E-state index in [1.807, 2.05) is 0 Å². The van der Waals surface area contributed by atoms with Gasteiger partial charge in [-0.3, -0.25) is 0 Å². The van der Waals surface area contributed by atoms with Crippen molar-refractivity contribution >= 4 is 11.6 Å². The first-order valence-electron chi connectivity index (χ1n) is 6.10. The second-order valence-electron chi connectivity index (χ2n) is 4.31. The predicted molar refractivity (Wildman–Crippen MR) is 69.9 cm³/mol. The molecule has 114 valence electrons. The number of rotatable bonds is 4. The zero-order valence-electron chi connectivity index (χ0n) is 11.7. The fourth-order valence-electron chi connectivity index (χ4n) is 1.57. The first kappa shape index (κ1) is 15.1. The molecule has 21 heavy (non-hydrogen) atoms. The van der Waals surface area contributed by atoms with Gasteiger partial charge in [0.2, 0.25) is 11.7 Å². The van der Waals surface area contributed by atoms with Crippen LogP contribution in [0.5, 0.6) is 0 Å². The number of hydrogen-bond donors (Lipinski definition) is 2. The quantitative estimate of drug-likeness (QED) is 0.904. The molecule has 0 saturated heterocycles. The minimum absolute atomic E-state index is 0.0372. The van der Waals surface area contributed by atoms with E-state index in [2.05, 4.69) is 25.6 Å². The average Bonchev–Trinajstić information content (AvgIpc) is 2.74. The first-order chi connectivity index (χ1) is 9.79. The van der Waals surface area contributed by atoms with Gasteiger partial charge < -0.3 is 15.1 Å². The van der Waals surface area contributed by atoms with E-state index in [9.17, 15) is 13.2 Å². The standard InChI is InChI=1S/C12H14F3N5O/c1-6-7(2)21-10(18-6)5-17-9-4-8(16-3)19-11(20-9)12(13,14)15/h4H,5H2,1-3H3,(H2,16,17,19,20). The van der Waals surface area contributed by atoms with Crippen LogP contribution in [0, 0.1) is 13.8 Å². The largest absolute Gasteiger partial charge is 0.451 e. The molecule has 0 atom stereocenters. The molecule has 0 unspecified atom stereocenters. The van der Waals surface area contributed by atoms with Gasteiger partial charge in [0.15, 0.2) is 0 Å². The molecule has 2 aromatic rings. The summed E-state index contributed by atoms with van der Waals surface area (Å²) in [4.78, 5) is 10.9. The number of alkyl halides is 3. The molecule has 0 aliphatic rings. The smallest absolute Gasteiger partial charge is 0.444 e. The molecule has 0 saturated carbocycles. The molecule has 6 nitrogen and oxygen atoms in total. The van der Waals surface area contributed by atoms with Crippen LogP contribution in [-0.2, 0) is 12.7 Å². The van der Waals surface area contributed by atoms with E-state index < -0.39 is 12.0 Å². The maximum atomic E-state index is 12.7. The maximum Gasteiger partial charge on any atom is 0.451 e. The van der Waals surface area contributed by atoms with E-state index in [1.54, 1.807) is 13.8 Å². The monoisotopic (exact) mass is 301 g/mol. The van der Waals surface area contributed by atoms with E-state index in [1.165, 1.54) is 13.1 Å². The molecule has 0 aromatic carbocycles. The number of nitrogens with one attached hydrogen (secondary N) is 2. The highest BCUT2D eigenvalue weighted by molar-refractivity contribution is 5.47. The first-order valence-corrected chi connectivity index (χ1v) is 6.10. The summed E-state index contributed by atoms with van der Waals surface area (Å²) in [5.41, 5.74) is 0.737. The SMILES string of the molecule is CNc1cc(NCc2nc(C)c(C)o2)nc(C(F)(F)F)n1. The number of aromatic nitrogens is 3. The van der Waals surface area contributed by atoms with Crippen LogP contribution in [0.2, 0.25) is 0 Å². The Bertz CT molecular complexity index is 619. The Morgan fingerprint density at radius 3 is 2.33 bits per heavy atom. The van der Waals surface area contributed by atoms with Crippen LogP contribution >= 0.6 is 0 Å². The van der Waals surface area contributed by atoms with Crippen molar-refractivity contribution in [3.63, 3.8) is 0 Å². The second-order valence-corrected chi connectivity index (χ2v) is 4.31. The van der Waals surface area contributed by atoms with Gasteiger partial charge in [-0.25, -0.2) is 15.0 Å². The van der Waals surface area contributed by atoms with Gasteiger partial charge in [-0.15, -0.1) is 0 Å². The fourth-order valence-corrected chi connectivity index (χ4v) is 1.57. The third-order valence-electron chi connectivity index (χ3n) is 2.73. The topological polar surface area (TPSA) is 75.9 Å². The van der Waals surface area contributed by atoms with Crippen molar-refractivity contribution in [1.29, 1.82) is 0 Å². The Morgan fingerprint density at radius 1 is 1.14 bits per heavy atom. The van der Waals surface area contributed by atoms with Crippen molar-refractivity contribution < 1.29 is 17.6 Å². The molecule has 0 bridgehead atoms. The summed E-state index contributed by atoms with van der Waals surface area (Å²) in [7, 11) is 1.48. The van der Waals surface area contributed by atoms with Crippen molar-refractivity contribution in [2.45, 2.75) is 26.6 Å². The number of anilines is 2. The van der Waals surface area contributed by atoms with Crippen LogP contribution in [0.1, 0.15) is 23.2 Å². The van der Waals surface area contributed by atoms with Crippen LogP contribution in [0.25, 0.3) is 0 Å². The highest BCUT2D eigenvalue weighted by Gasteiger charge is 2.35. The minimum atomic E-state index is -4.61. The van der Waals surface area contributed by atoms with Crippen LogP contribution in [-0.4, -0.2) is 22.0 Å². The summed E-state index contributed by atoms with van der Waals surface area (Å²) in [5.74, 6) is -0.0593. The summed E-state index contributed by atoms with van der Waals surface area (Å²) in [5, 5.41) is 5.30. The van der Waals surface area contributed by atoms with Gasteiger partial charge in [0.05, 0.1) is 12.2 Å². The lowest BCUT2D eigenvalue weighted by atomic mass is 10.4. The van der Waals surface area contributed by atoms with Gasteiger partial charge in [0.1, 0.15) is 17.4 Å². The summed E-state index contributed by atoms with van der Waals surface area (Å²) in [6.07, 6.45) is -4.61. The Labute approximate surface area is 118 Å². The summed E-state index contributed by atoms with van der Waals surface area (Å²) >= 11 is 0. The maximum absolute atomic E-state index is 12.7. The molecule has 2 N–H and O–H groups in total.